The van der Waals surface area contributed by atoms with Gasteiger partial charge in [-0.05, 0) is 6.92 Å². The maximum absolute atomic E-state index is 5.17. The quantitative estimate of drug-likeness (QED) is 0.526. The van der Waals surface area contributed by atoms with Crippen molar-refractivity contribution < 1.29 is 13.3 Å². The summed E-state index contributed by atoms with van der Waals surface area (Å²) in [6.45, 7) is 3.80. The summed E-state index contributed by atoms with van der Waals surface area (Å²) in [5, 5.41) is 0. The molecule has 0 heterocycles. The summed E-state index contributed by atoms with van der Waals surface area (Å²) in [6.07, 6.45) is 0.863. The summed E-state index contributed by atoms with van der Waals surface area (Å²) in [5.41, 5.74) is 9.78. The average Bonchev–Trinajstić information content (AvgIpc) is 2.14. The number of hydrogen-bond donors (Lipinski definition) is 2. The highest BCUT2D eigenvalue weighted by atomic mass is 28.4. The van der Waals surface area contributed by atoms with Gasteiger partial charge in [-0.2, -0.15) is 0 Å². The Morgan fingerprint density at radius 2 is 1.36 bits per heavy atom. The lowest BCUT2D eigenvalue weighted by Gasteiger charge is -2.23. The van der Waals surface area contributed by atoms with Crippen LogP contribution in [0.5, 0.6) is 0 Å². The minimum Gasteiger partial charge on any atom is -0.377 e. The van der Waals surface area contributed by atoms with E-state index in [4.69, 9.17) is 24.7 Å². The fourth-order valence-corrected chi connectivity index (χ4v) is 2.59. The largest absolute Gasteiger partial charge is 0.500 e. The smallest absolute Gasteiger partial charge is 0.377 e. The van der Waals surface area contributed by atoms with E-state index < -0.39 is 8.80 Å². The second-order valence-corrected chi connectivity index (χ2v) is 6.00. The lowest BCUT2D eigenvalue weighted by atomic mass is 10.6. The third-order valence-corrected chi connectivity index (χ3v) is 4.47. The van der Waals surface area contributed by atoms with Crippen LogP contribution in [0, 0.1) is 0 Å². The van der Waals surface area contributed by atoms with Gasteiger partial charge in [0.1, 0.15) is 0 Å². The summed E-state index contributed by atoms with van der Waals surface area (Å²) < 4.78 is 15.5. The summed E-state index contributed by atoms with van der Waals surface area (Å²) in [4.78, 5) is 0. The maximum Gasteiger partial charge on any atom is 0.500 e. The Kier molecular flexibility index (Phi) is 11.2. The van der Waals surface area contributed by atoms with Crippen molar-refractivity contribution in [2.45, 2.75) is 32.5 Å². The number of nitrogens with two attached hydrogens (primary N) is 2. The second kappa shape index (κ2) is 9.57. The van der Waals surface area contributed by atoms with Gasteiger partial charge >= 0.3 is 8.80 Å². The van der Waals surface area contributed by atoms with E-state index >= 15 is 0 Å². The molecule has 0 aromatic rings. The highest BCUT2D eigenvalue weighted by Gasteiger charge is 2.36. The zero-order chi connectivity index (χ0) is 11.6. The fraction of sp³-hybridized carbons (Fsp3) is 1.00. The van der Waals surface area contributed by atoms with E-state index in [0.29, 0.717) is 0 Å². The Morgan fingerprint density at radius 3 is 1.43 bits per heavy atom. The summed E-state index contributed by atoms with van der Waals surface area (Å²) in [5.74, 6) is 0. The van der Waals surface area contributed by atoms with Gasteiger partial charge in [0.2, 0.25) is 0 Å². The summed E-state index contributed by atoms with van der Waals surface area (Å²) in [6, 6.07) is 0.885. The van der Waals surface area contributed by atoms with E-state index in [2.05, 4.69) is 6.92 Å². The first-order chi connectivity index (χ1) is 6.47. The van der Waals surface area contributed by atoms with Crippen LogP contribution in [0.1, 0.15) is 20.3 Å². The van der Waals surface area contributed by atoms with Crippen LogP contribution in [0.25, 0.3) is 0 Å². The third kappa shape index (κ3) is 8.61. The molecule has 0 fully saturated rings. The highest BCUT2D eigenvalue weighted by molar-refractivity contribution is 6.60. The molecule has 5 nitrogen and oxygen atoms in total. The molecule has 0 saturated heterocycles. The zero-order valence-electron chi connectivity index (χ0n) is 9.87. The Morgan fingerprint density at radius 1 is 1.07 bits per heavy atom. The van der Waals surface area contributed by atoms with Crippen LogP contribution in [-0.4, -0.2) is 36.3 Å². The van der Waals surface area contributed by atoms with E-state index in [9.17, 15) is 0 Å². The van der Waals surface area contributed by atoms with Gasteiger partial charge in [0.05, 0.1) is 0 Å². The fourth-order valence-electron chi connectivity index (χ4n) is 0.862. The van der Waals surface area contributed by atoms with E-state index in [1.165, 1.54) is 0 Å². The highest BCUT2D eigenvalue weighted by Crippen LogP contribution is 2.13. The number of hydrogen-bond acceptors (Lipinski definition) is 5. The first-order valence-corrected chi connectivity index (χ1v) is 6.57. The van der Waals surface area contributed by atoms with Crippen LogP contribution >= 0.6 is 0 Å². The van der Waals surface area contributed by atoms with Crippen molar-refractivity contribution in [3.63, 3.8) is 0 Å². The molecule has 88 valence electrons. The predicted octanol–water partition coefficient (Wildman–Crippen LogP) is 0.524. The molecule has 0 atom stereocenters. The Hall–Kier alpha value is 0.0169. The Bertz CT molecular complexity index is 110. The molecule has 0 aromatic heterocycles. The standard InChI is InChI=1S/C6H16O3Si.C2H8N2/c1-5-6-10(7-2,8-3)9-4;1-2(3)4/h5-6H2,1-4H3;2H,3-4H2,1H3. The Labute approximate surface area is 88.1 Å². The van der Waals surface area contributed by atoms with Crippen molar-refractivity contribution in [3.8, 4) is 0 Å². The minimum atomic E-state index is -2.22. The monoisotopic (exact) mass is 224 g/mol. The van der Waals surface area contributed by atoms with Crippen molar-refractivity contribution in [2.75, 3.05) is 21.3 Å². The van der Waals surface area contributed by atoms with E-state index in [0.717, 1.165) is 12.5 Å². The van der Waals surface area contributed by atoms with Gasteiger partial charge in [-0.15, -0.1) is 0 Å². The van der Waals surface area contributed by atoms with Gasteiger partial charge in [0.25, 0.3) is 0 Å². The van der Waals surface area contributed by atoms with Crippen LogP contribution < -0.4 is 11.5 Å². The molecule has 0 amide bonds. The summed E-state index contributed by atoms with van der Waals surface area (Å²) in [7, 11) is 2.68. The van der Waals surface area contributed by atoms with E-state index in [-0.39, 0.29) is 6.17 Å². The van der Waals surface area contributed by atoms with E-state index in [1.807, 2.05) is 0 Å². The van der Waals surface area contributed by atoms with Crippen LogP contribution in [0.3, 0.4) is 0 Å². The van der Waals surface area contributed by atoms with Crippen molar-refractivity contribution in [1.29, 1.82) is 0 Å². The molecule has 0 rings (SSSR count). The van der Waals surface area contributed by atoms with Gasteiger partial charge < -0.3 is 24.7 Å². The average molecular weight is 224 g/mol. The molecule has 0 aliphatic heterocycles. The van der Waals surface area contributed by atoms with E-state index in [1.54, 1.807) is 28.3 Å². The van der Waals surface area contributed by atoms with Gasteiger partial charge in [0, 0.05) is 33.5 Å². The maximum atomic E-state index is 5.17. The molecule has 4 N–H and O–H groups in total. The second-order valence-electron chi connectivity index (χ2n) is 2.90. The van der Waals surface area contributed by atoms with Crippen LogP contribution in [0.15, 0.2) is 0 Å². The molecular formula is C8H24N2O3Si. The minimum absolute atomic E-state index is 0.167. The van der Waals surface area contributed by atoms with Crippen molar-refractivity contribution in [2.24, 2.45) is 11.5 Å². The summed E-state index contributed by atoms with van der Waals surface area (Å²) >= 11 is 0. The molecule has 0 bridgehead atoms. The molecule has 0 aliphatic carbocycles. The van der Waals surface area contributed by atoms with Gasteiger partial charge in [0.15, 0.2) is 0 Å². The normalized spacial score (nSPS) is 11.1. The zero-order valence-corrected chi connectivity index (χ0v) is 10.9. The van der Waals surface area contributed by atoms with Gasteiger partial charge in [-0.3, -0.25) is 0 Å². The van der Waals surface area contributed by atoms with Gasteiger partial charge in [-0.25, -0.2) is 0 Å². The molecule has 0 aliphatic rings. The molecule has 0 spiro atoms. The topological polar surface area (TPSA) is 79.7 Å². The van der Waals surface area contributed by atoms with Crippen molar-refractivity contribution in [3.05, 3.63) is 0 Å². The SMILES string of the molecule is CC(N)N.CCC[Si](OC)(OC)OC. The first kappa shape index (κ1) is 16.4. The molecule has 0 radical (unpaired) electrons. The van der Waals surface area contributed by atoms with Crippen LogP contribution in [-0.2, 0) is 13.3 Å². The van der Waals surface area contributed by atoms with Crippen molar-refractivity contribution in [1.82, 2.24) is 0 Å². The molecule has 0 saturated carbocycles. The lowest BCUT2D eigenvalue weighted by Crippen LogP contribution is -2.42. The first-order valence-electron chi connectivity index (χ1n) is 4.64. The molecule has 6 heteroatoms. The van der Waals surface area contributed by atoms with Crippen LogP contribution in [0.4, 0.5) is 0 Å². The van der Waals surface area contributed by atoms with Crippen LogP contribution in [0.2, 0.25) is 6.04 Å². The molecule has 0 aromatic carbocycles. The Balaban J connectivity index is 0. The predicted molar refractivity (Wildman–Crippen MR) is 59.7 cm³/mol. The van der Waals surface area contributed by atoms with Gasteiger partial charge in [-0.1, -0.05) is 13.3 Å². The number of rotatable bonds is 5. The molecular weight excluding hydrogens is 200 g/mol. The van der Waals surface area contributed by atoms with Crippen molar-refractivity contribution >= 4 is 8.80 Å². The third-order valence-electron chi connectivity index (χ3n) is 1.49. The molecule has 0 unspecified atom stereocenters. The lowest BCUT2D eigenvalue weighted by molar-refractivity contribution is 0.123. The molecule has 14 heavy (non-hydrogen) atoms.